The van der Waals surface area contributed by atoms with E-state index in [1.807, 2.05) is 19.9 Å². The van der Waals surface area contributed by atoms with Gasteiger partial charge in [0.1, 0.15) is 5.75 Å². The van der Waals surface area contributed by atoms with Crippen LogP contribution >= 0.6 is 0 Å². The molecular formula is C14H22N2O3S. The average Bonchev–Trinajstić information content (AvgIpc) is 2.37. The number of hydrogen-bond donors (Lipinski definition) is 2. The maximum Gasteiger partial charge on any atom is 0.239 e. The van der Waals surface area contributed by atoms with E-state index in [9.17, 15) is 13.2 Å². The molecule has 0 spiro atoms. The van der Waals surface area contributed by atoms with Crippen LogP contribution in [0.4, 0.5) is 5.69 Å². The third kappa shape index (κ3) is 4.61. The fraction of sp³-hybridized carbons (Fsp3) is 0.500. The van der Waals surface area contributed by atoms with E-state index in [1.165, 1.54) is 0 Å². The molecule has 0 fully saturated rings. The lowest BCUT2D eigenvalue weighted by molar-refractivity contribution is -0.113. The number of carbonyl (C=O) groups is 1. The maximum atomic E-state index is 12.0. The molecule has 5 nitrogen and oxygen atoms in total. The lowest BCUT2D eigenvalue weighted by Gasteiger charge is -2.16. The van der Waals surface area contributed by atoms with Crippen molar-refractivity contribution in [1.82, 2.24) is 0 Å². The van der Waals surface area contributed by atoms with Crippen molar-refractivity contribution in [2.45, 2.75) is 32.6 Å². The van der Waals surface area contributed by atoms with Crippen molar-refractivity contribution in [2.24, 2.45) is 11.7 Å². The second-order valence-electron chi connectivity index (χ2n) is 5.21. The summed E-state index contributed by atoms with van der Waals surface area (Å²) in [6.07, 6.45) is 0. The summed E-state index contributed by atoms with van der Waals surface area (Å²) in [6.45, 7) is 5.64. The predicted molar refractivity (Wildman–Crippen MR) is 81.0 cm³/mol. The average molecular weight is 298 g/mol. The Balaban J connectivity index is 2.72. The Labute approximate surface area is 120 Å². The van der Waals surface area contributed by atoms with Gasteiger partial charge in [-0.15, -0.1) is 0 Å². The smallest absolute Gasteiger partial charge is 0.239 e. The van der Waals surface area contributed by atoms with Crippen molar-refractivity contribution in [2.75, 3.05) is 11.1 Å². The summed E-state index contributed by atoms with van der Waals surface area (Å²) < 4.78 is 24.0. The van der Waals surface area contributed by atoms with Gasteiger partial charge in [-0.3, -0.25) is 4.79 Å². The van der Waals surface area contributed by atoms with Crippen LogP contribution in [0.25, 0.3) is 0 Å². The Morgan fingerprint density at radius 2 is 1.95 bits per heavy atom. The minimum Gasteiger partial charge on any atom is -0.326 e. The van der Waals surface area contributed by atoms with Crippen LogP contribution in [0.3, 0.4) is 0 Å². The lowest BCUT2D eigenvalue weighted by atomic mass is 10.2. The maximum absolute atomic E-state index is 12.0. The number of amides is 1. The van der Waals surface area contributed by atoms with Gasteiger partial charge in [0.05, 0.1) is 5.25 Å². The van der Waals surface area contributed by atoms with Gasteiger partial charge in [-0.25, -0.2) is 8.42 Å². The topological polar surface area (TPSA) is 89.3 Å². The van der Waals surface area contributed by atoms with Crippen LogP contribution in [0.5, 0.6) is 0 Å². The van der Waals surface area contributed by atoms with Crippen molar-refractivity contribution in [3.63, 3.8) is 0 Å². The Morgan fingerprint density at radius 1 is 1.30 bits per heavy atom. The number of nitrogens with one attached hydrogen (secondary N) is 1. The Morgan fingerprint density at radius 3 is 2.50 bits per heavy atom. The summed E-state index contributed by atoms with van der Waals surface area (Å²) >= 11 is 0. The number of sulfone groups is 1. The van der Waals surface area contributed by atoms with E-state index in [0.717, 1.165) is 5.56 Å². The van der Waals surface area contributed by atoms with E-state index in [-0.39, 0.29) is 5.92 Å². The molecule has 0 radical (unpaired) electrons. The van der Waals surface area contributed by atoms with Crippen LogP contribution in [0.15, 0.2) is 24.3 Å². The van der Waals surface area contributed by atoms with Gasteiger partial charge < -0.3 is 11.1 Å². The number of nitrogens with two attached hydrogens (primary N) is 1. The van der Waals surface area contributed by atoms with E-state index in [1.54, 1.807) is 25.1 Å². The van der Waals surface area contributed by atoms with E-state index in [2.05, 4.69) is 5.32 Å². The zero-order valence-corrected chi connectivity index (χ0v) is 12.9. The summed E-state index contributed by atoms with van der Waals surface area (Å²) in [5.74, 6) is -1.04. The van der Waals surface area contributed by atoms with E-state index < -0.39 is 26.7 Å². The second-order valence-corrected chi connectivity index (χ2v) is 7.57. The molecule has 0 aliphatic rings. The molecule has 6 heteroatoms. The van der Waals surface area contributed by atoms with Crippen molar-refractivity contribution < 1.29 is 13.2 Å². The Bertz CT molecular complexity index is 568. The molecule has 0 bridgehead atoms. The quantitative estimate of drug-likeness (QED) is 0.833. The Hall–Kier alpha value is -1.40. The molecule has 1 aromatic carbocycles. The first kappa shape index (κ1) is 16.7. The van der Waals surface area contributed by atoms with Crippen LogP contribution in [0, 0.1) is 5.92 Å². The van der Waals surface area contributed by atoms with Crippen LogP contribution in [-0.2, 0) is 21.2 Å². The molecule has 0 aliphatic heterocycles. The van der Waals surface area contributed by atoms with Gasteiger partial charge in [-0.2, -0.15) is 0 Å². The van der Waals surface area contributed by atoms with Crippen LogP contribution in [-0.4, -0.2) is 25.3 Å². The normalized spacial score (nSPS) is 13.2. The zero-order valence-electron chi connectivity index (χ0n) is 12.1. The number of rotatable bonds is 6. The standard InChI is InChI=1S/C14H22N2O3S/c1-10(2)11(3)20(18,19)9-14(17)16-13-6-4-5-12(7-13)8-15/h4-7,10-11H,8-9,15H2,1-3H3,(H,16,17). The van der Waals surface area contributed by atoms with Gasteiger partial charge in [-0.05, 0) is 30.5 Å². The van der Waals surface area contributed by atoms with Crippen LogP contribution in [0.2, 0.25) is 0 Å². The molecule has 0 aliphatic carbocycles. The highest BCUT2D eigenvalue weighted by atomic mass is 32.2. The fourth-order valence-corrected chi connectivity index (χ4v) is 3.23. The molecule has 20 heavy (non-hydrogen) atoms. The number of anilines is 1. The largest absolute Gasteiger partial charge is 0.326 e. The summed E-state index contributed by atoms with van der Waals surface area (Å²) in [5.41, 5.74) is 6.95. The third-order valence-electron chi connectivity index (χ3n) is 3.28. The van der Waals surface area contributed by atoms with Crippen LogP contribution in [0.1, 0.15) is 26.3 Å². The highest BCUT2D eigenvalue weighted by molar-refractivity contribution is 7.92. The van der Waals surface area contributed by atoms with Crippen LogP contribution < -0.4 is 11.1 Å². The molecule has 1 unspecified atom stereocenters. The first-order valence-corrected chi connectivity index (χ1v) is 8.28. The Kier molecular flexibility index (Phi) is 5.71. The molecule has 0 saturated carbocycles. The monoisotopic (exact) mass is 298 g/mol. The molecule has 1 amide bonds. The van der Waals surface area contributed by atoms with E-state index in [0.29, 0.717) is 12.2 Å². The van der Waals surface area contributed by atoms with E-state index >= 15 is 0 Å². The molecule has 112 valence electrons. The molecule has 3 N–H and O–H groups in total. The SMILES string of the molecule is CC(C)C(C)S(=O)(=O)CC(=O)Nc1cccc(CN)c1. The molecular weight excluding hydrogens is 276 g/mol. The summed E-state index contributed by atoms with van der Waals surface area (Å²) in [6, 6.07) is 7.04. The first-order chi connectivity index (χ1) is 9.26. The van der Waals surface area contributed by atoms with Gasteiger partial charge in [0, 0.05) is 12.2 Å². The lowest BCUT2D eigenvalue weighted by Crippen LogP contribution is -2.32. The minimum absolute atomic E-state index is 0.0200. The number of hydrogen-bond acceptors (Lipinski definition) is 4. The molecule has 1 rings (SSSR count). The second kappa shape index (κ2) is 6.85. The first-order valence-electron chi connectivity index (χ1n) is 6.56. The minimum atomic E-state index is -3.43. The molecule has 0 aromatic heterocycles. The highest BCUT2D eigenvalue weighted by Gasteiger charge is 2.26. The highest BCUT2D eigenvalue weighted by Crippen LogP contribution is 2.14. The summed E-state index contributed by atoms with van der Waals surface area (Å²) in [5, 5.41) is 2.05. The van der Waals surface area contributed by atoms with Gasteiger partial charge in [-0.1, -0.05) is 26.0 Å². The zero-order chi connectivity index (χ0) is 15.3. The molecule has 1 aromatic rings. The molecule has 0 heterocycles. The van der Waals surface area contributed by atoms with Gasteiger partial charge in [0.25, 0.3) is 0 Å². The predicted octanol–water partition coefficient (Wildman–Crippen LogP) is 1.54. The van der Waals surface area contributed by atoms with Crippen molar-refractivity contribution in [3.05, 3.63) is 29.8 Å². The summed E-state index contributed by atoms with van der Waals surface area (Å²) in [7, 11) is -3.43. The van der Waals surface area contributed by atoms with Crippen molar-refractivity contribution in [1.29, 1.82) is 0 Å². The van der Waals surface area contributed by atoms with Gasteiger partial charge in [0.2, 0.25) is 5.91 Å². The third-order valence-corrected chi connectivity index (χ3v) is 5.63. The van der Waals surface area contributed by atoms with Crippen molar-refractivity contribution in [3.8, 4) is 0 Å². The van der Waals surface area contributed by atoms with E-state index in [4.69, 9.17) is 5.73 Å². The van der Waals surface area contributed by atoms with Gasteiger partial charge >= 0.3 is 0 Å². The number of carbonyl (C=O) groups excluding carboxylic acids is 1. The summed E-state index contributed by atoms with van der Waals surface area (Å²) in [4.78, 5) is 11.8. The molecule has 0 saturated heterocycles. The molecule has 1 atom stereocenters. The number of benzene rings is 1. The van der Waals surface area contributed by atoms with Crippen molar-refractivity contribution >= 4 is 21.4 Å². The fourth-order valence-electron chi connectivity index (χ4n) is 1.70. The van der Waals surface area contributed by atoms with Gasteiger partial charge in [0.15, 0.2) is 9.84 Å².